The lowest BCUT2D eigenvalue weighted by atomic mass is 10.2. The first-order valence-corrected chi connectivity index (χ1v) is 10.4. The molecule has 0 atom stereocenters. The number of piperazine rings is 1. The molecule has 4 rings (SSSR count). The first kappa shape index (κ1) is 18.2. The summed E-state index contributed by atoms with van der Waals surface area (Å²) in [6, 6.07) is 13.4. The Morgan fingerprint density at radius 1 is 1.22 bits per heavy atom. The van der Waals surface area contributed by atoms with Crippen molar-refractivity contribution in [3.63, 3.8) is 0 Å². The van der Waals surface area contributed by atoms with Crippen molar-refractivity contribution in [2.45, 2.75) is 6.92 Å². The Kier molecular flexibility index (Phi) is 5.29. The van der Waals surface area contributed by atoms with E-state index in [1.165, 1.54) is 4.90 Å². The molecule has 1 aromatic carbocycles. The summed E-state index contributed by atoms with van der Waals surface area (Å²) in [7, 11) is 0. The Morgan fingerprint density at radius 3 is 2.67 bits per heavy atom. The number of carbonyl (C=O) groups is 1. The first-order valence-electron chi connectivity index (χ1n) is 9.19. The third-order valence-corrected chi connectivity index (χ3v) is 6.25. The van der Waals surface area contributed by atoms with E-state index in [-0.39, 0.29) is 5.91 Å². The summed E-state index contributed by atoms with van der Waals surface area (Å²) >= 11 is 8.02. The lowest BCUT2D eigenvalue weighted by molar-refractivity contribution is -0.902. The Hall–Kier alpha value is -2.15. The zero-order valence-electron chi connectivity index (χ0n) is 15.2. The quantitative estimate of drug-likeness (QED) is 0.730. The van der Waals surface area contributed by atoms with Crippen LogP contribution in [0.5, 0.6) is 0 Å². The van der Waals surface area contributed by atoms with E-state index in [1.807, 2.05) is 52.7 Å². The van der Waals surface area contributed by atoms with Crippen LogP contribution in [0.4, 0.5) is 0 Å². The number of likely N-dealkylation sites (N-methyl/N-ethyl adjacent to an activating group) is 1. The van der Waals surface area contributed by atoms with Crippen molar-refractivity contribution >= 4 is 28.8 Å². The normalized spacial score (nSPS) is 15.3. The fourth-order valence-corrected chi connectivity index (χ4v) is 4.32. The predicted molar refractivity (Wildman–Crippen MR) is 109 cm³/mol. The highest BCUT2D eigenvalue weighted by Crippen LogP contribution is 2.28. The molecule has 0 aliphatic carbocycles. The molecule has 3 aromatic rings. The Labute approximate surface area is 167 Å². The molecule has 140 valence electrons. The standard InChI is InChI=1S/C20H21ClN4OS/c1-2-23-9-11-24(12-10-23)20(26)18-14-16(19-8-5-13-27-19)22-25(18)17-7-4-3-6-15(17)21/h3-8,13-14H,2,9-12H2,1H3/p+1. The molecule has 0 saturated carbocycles. The Morgan fingerprint density at radius 2 is 2.00 bits per heavy atom. The molecule has 3 heterocycles. The number of para-hydroxylation sites is 1. The van der Waals surface area contributed by atoms with Crippen LogP contribution < -0.4 is 4.90 Å². The van der Waals surface area contributed by atoms with Gasteiger partial charge in [0.25, 0.3) is 5.91 Å². The minimum absolute atomic E-state index is 0.0142. The molecule has 1 amide bonds. The van der Waals surface area contributed by atoms with Gasteiger partial charge in [-0.05, 0) is 36.6 Å². The number of nitrogens with zero attached hydrogens (tertiary/aromatic N) is 3. The third kappa shape index (κ3) is 3.65. The molecule has 1 aliphatic rings. The maximum absolute atomic E-state index is 13.3. The van der Waals surface area contributed by atoms with Crippen LogP contribution in [0.1, 0.15) is 17.4 Å². The molecule has 1 N–H and O–H groups in total. The maximum atomic E-state index is 13.3. The summed E-state index contributed by atoms with van der Waals surface area (Å²) < 4.78 is 1.69. The van der Waals surface area contributed by atoms with E-state index in [0.29, 0.717) is 10.7 Å². The van der Waals surface area contributed by atoms with Gasteiger partial charge in [0.05, 0.1) is 48.3 Å². The summed E-state index contributed by atoms with van der Waals surface area (Å²) in [5.74, 6) is 0.0142. The molecule has 7 heteroatoms. The number of nitrogens with one attached hydrogen (secondary N) is 1. The van der Waals surface area contributed by atoms with Gasteiger partial charge < -0.3 is 9.80 Å². The highest BCUT2D eigenvalue weighted by molar-refractivity contribution is 7.13. The number of aromatic nitrogens is 2. The van der Waals surface area contributed by atoms with Crippen LogP contribution in [0.3, 0.4) is 0 Å². The fourth-order valence-electron chi connectivity index (χ4n) is 3.43. The highest BCUT2D eigenvalue weighted by atomic mass is 35.5. The van der Waals surface area contributed by atoms with Gasteiger partial charge in [-0.1, -0.05) is 29.8 Å². The molecule has 5 nitrogen and oxygen atoms in total. The van der Waals surface area contributed by atoms with Gasteiger partial charge in [0.2, 0.25) is 0 Å². The number of halogens is 1. The molecule has 0 spiro atoms. The fraction of sp³-hybridized carbons (Fsp3) is 0.300. The van der Waals surface area contributed by atoms with Gasteiger partial charge in [0.15, 0.2) is 0 Å². The van der Waals surface area contributed by atoms with Gasteiger partial charge in [-0.2, -0.15) is 5.10 Å². The number of benzene rings is 1. The van der Waals surface area contributed by atoms with Crippen LogP contribution >= 0.6 is 22.9 Å². The second kappa shape index (κ2) is 7.84. The van der Waals surface area contributed by atoms with E-state index in [4.69, 9.17) is 16.7 Å². The Balaban J connectivity index is 1.72. The minimum atomic E-state index is 0.0142. The van der Waals surface area contributed by atoms with Crippen molar-refractivity contribution in [3.8, 4) is 16.3 Å². The molecule has 0 bridgehead atoms. The number of amides is 1. The molecule has 1 aliphatic heterocycles. The highest BCUT2D eigenvalue weighted by Gasteiger charge is 2.27. The molecular weight excluding hydrogens is 380 g/mol. The SMILES string of the molecule is CC[NH+]1CCN(C(=O)c2cc(-c3cccs3)nn2-c2ccccc2Cl)CC1. The molecule has 1 fully saturated rings. The van der Waals surface area contributed by atoms with Crippen molar-refractivity contribution in [2.75, 3.05) is 32.7 Å². The van der Waals surface area contributed by atoms with Crippen LogP contribution in [-0.2, 0) is 0 Å². The molecule has 0 unspecified atom stereocenters. The van der Waals surface area contributed by atoms with Crippen molar-refractivity contribution in [1.82, 2.24) is 14.7 Å². The van der Waals surface area contributed by atoms with Crippen molar-refractivity contribution < 1.29 is 9.69 Å². The van der Waals surface area contributed by atoms with Crippen LogP contribution in [0, 0.1) is 0 Å². The lowest BCUT2D eigenvalue weighted by Gasteiger charge is -2.31. The number of hydrogen-bond acceptors (Lipinski definition) is 3. The lowest BCUT2D eigenvalue weighted by Crippen LogP contribution is -3.14. The third-order valence-electron chi connectivity index (χ3n) is 5.04. The average molecular weight is 402 g/mol. The second-order valence-corrected chi connectivity index (χ2v) is 8.01. The largest absolute Gasteiger partial charge is 0.332 e. The van der Waals surface area contributed by atoms with Crippen LogP contribution in [-0.4, -0.2) is 53.3 Å². The predicted octanol–water partition coefficient (Wildman–Crippen LogP) is 2.61. The minimum Gasteiger partial charge on any atom is -0.332 e. The van der Waals surface area contributed by atoms with Crippen LogP contribution in [0.25, 0.3) is 16.3 Å². The van der Waals surface area contributed by atoms with Gasteiger partial charge in [-0.3, -0.25) is 4.79 Å². The molecule has 27 heavy (non-hydrogen) atoms. The van der Waals surface area contributed by atoms with Crippen molar-refractivity contribution in [3.05, 3.63) is 58.6 Å². The average Bonchev–Trinajstić information content (AvgIpc) is 3.38. The molecule has 1 saturated heterocycles. The number of thiophene rings is 1. The zero-order chi connectivity index (χ0) is 18.8. The molecular formula is C20H22ClN4OS+. The summed E-state index contributed by atoms with van der Waals surface area (Å²) in [4.78, 5) is 17.8. The zero-order valence-corrected chi connectivity index (χ0v) is 16.8. The number of rotatable bonds is 4. The number of carbonyl (C=O) groups excluding carboxylic acids is 1. The van der Waals surface area contributed by atoms with Gasteiger partial charge in [0, 0.05) is 0 Å². The molecule has 0 radical (unpaired) electrons. The molecule has 2 aromatic heterocycles. The Bertz CT molecular complexity index is 929. The van der Waals surface area contributed by atoms with Gasteiger partial charge in [0.1, 0.15) is 11.4 Å². The monoisotopic (exact) mass is 401 g/mol. The summed E-state index contributed by atoms with van der Waals surface area (Å²) in [5.41, 5.74) is 2.08. The van der Waals surface area contributed by atoms with Gasteiger partial charge in [-0.25, -0.2) is 4.68 Å². The second-order valence-electron chi connectivity index (χ2n) is 6.65. The van der Waals surface area contributed by atoms with E-state index in [2.05, 4.69) is 6.92 Å². The van der Waals surface area contributed by atoms with E-state index in [0.717, 1.165) is 49.0 Å². The van der Waals surface area contributed by atoms with E-state index in [1.54, 1.807) is 16.0 Å². The van der Waals surface area contributed by atoms with Crippen molar-refractivity contribution in [2.24, 2.45) is 0 Å². The maximum Gasteiger partial charge on any atom is 0.273 e. The van der Waals surface area contributed by atoms with E-state index in [9.17, 15) is 4.79 Å². The van der Waals surface area contributed by atoms with Crippen LogP contribution in [0.2, 0.25) is 5.02 Å². The summed E-state index contributed by atoms with van der Waals surface area (Å²) in [6.45, 7) is 6.79. The first-order chi connectivity index (χ1) is 13.2. The van der Waals surface area contributed by atoms with E-state index >= 15 is 0 Å². The van der Waals surface area contributed by atoms with E-state index < -0.39 is 0 Å². The van der Waals surface area contributed by atoms with Gasteiger partial charge >= 0.3 is 0 Å². The number of hydrogen-bond donors (Lipinski definition) is 1. The van der Waals surface area contributed by atoms with Crippen LogP contribution in [0.15, 0.2) is 47.8 Å². The summed E-state index contributed by atoms with van der Waals surface area (Å²) in [5, 5.41) is 7.31. The topological polar surface area (TPSA) is 42.6 Å². The summed E-state index contributed by atoms with van der Waals surface area (Å²) in [6.07, 6.45) is 0. The smallest absolute Gasteiger partial charge is 0.273 e. The number of quaternary nitrogens is 1. The van der Waals surface area contributed by atoms with Gasteiger partial charge in [-0.15, -0.1) is 11.3 Å². The van der Waals surface area contributed by atoms with Crippen molar-refractivity contribution in [1.29, 1.82) is 0 Å².